The molecule has 1 aromatic carbocycles. The highest BCUT2D eigenvalue weighted by atomic mass is 32.1. The summed E-state index contributed by atoms with van der Waals surface area (Å²) in [4.78, 5) is 20.8. The Labute approximate surface area is 130 Å². The molecule has 0 fully saturated rings. The van der Waals surface area contributed by atoms with Gasteiger partial charge >= 0.3 is 0 Å². The summed E-state index contributed by atoms with van der Waals surface area (Å²) in [5.74, 6) is -0.165. The number of amides is 1. The van der Waals surface area contributed by atoms with Crippen molar-refractivity contribution in [2.75, 3.05) is 0 Å². The molecule has 4 nitrogen and oxygen atoms in total. The van der Waals surface area contributed by atoms with Crippen molar-refractivity contribution in [3.8, 4) is 10.6 Å². The van der Waals surface area contributed by atoms with E-state index in [9.17, 15) is 4.79 Å². The van der Waals surface area contributed by atoms with E-state index in [1.54, 1.807) is 16.7 Å². The molecule has 0 aliphatic rings. The maximum Gasteiger partial charge on any atom is 0.271 e. The van der Waals surface area contributed by atoms with E-state index in [0.717, 1.165) is 21.3 Å². The standard InChI is InChI=1S/C15H13N3OS2/c1-10-8-20-13(17-10)7-16-14(19)12-9-21-15(18-12)11-5-3-2-4-6-11/h2-6,8-9H,7H2,1H3,(H,16,19). The van der Waals surface area contributed by atoms with Gasteiger partial charge in [-0.25, -0.2) is 9.97 Å². The van der Waals surface area contributed by atoms with Gasteiger partial charge in [0.15, 0.2) is 0 Å². The Morgan fingerprint density at radius 2 is 1.95 bits per heavy atom. The second-order valence-corrected chi connectivity index (χ2v) is 6.27. The average Bonchev–Trinajstić information content (AvgIpc) is 3.15. The zero-order chi connectivity index (χ0) is 14.7. The van der Waals surface area contributed by atoms with Crippen LogP contribution in [0.3, 0.4) is 0 Å². The van der Waals surface area contributed by atoms with Gasteiger partial charge in [0.05, 0.1) is 6.54 Å². The minimum absolute atomic E-state index is 0.165. The molecule has 0 spiro atoms. The molecule has 0 aliphatic carbocycles. The van der Waals surface area contributed by atoms with E-state index in [4.69, 9.17) is 0 Å². The van der Waals surface area contributed by atoms with E-state index in [0.29, 0.717) is 12.2 Å². The van der Waals surface area contributed by atoms with Gasteiger partial charge in [-0.2, -0.15) is 0 Å². The van der Waals surface area contributed by atoms with Crippen molar-refractivity contribution < 1.29 is 4.79 Å². The average molecular weight is 315 g/mol. The molecule has 106 valence electrons. The lowest BCUT2D eigenvalue weighted by atomic mass is 10.2. The van der Waals surface area contributed by atoms with E-state index in [1.807, 2.05) is 42.6 Å². The zero-order valence-electron chi connectivity index (χ0n) is 11.4. The Kier molecular flexibility index (Phi) is 4.08. The topological polar surface area (TPSA) is 54.9 Å². The smallest absolute Gasteiger partial charge is 0.271 e. The highest BCUT2D eigenvalue weighted by Gasteiger charge is 2.12. The van der Waals surface area contributed by atoms with Crippen LogP contribution in [0.5, 0.6) is 0 Å². The number of aryl methyl sites for hydroxylation is 1. The largest absolute Gasteiger partial charge is 0.344 e. The third-order valence-corrected chi connectivity index (χ3v) is 4.68. The van der Waals surface area contributed by atoms with Gasteiger partial charge in [-0.3, -0.25) is 4.79 Å². The number of aromatic nitrogens is 2. The molecule has 1 amide bonds. The summed E-state index contributed by atoms with van der Waals surface area (Å²) in [6.45, 7) is 2.38. The van der Waals surface area contributed by atoms with Crippen molar-refractivity contribution in [1.82, 2.24) is 15.3 Å². The molecule has 1 N–H and O–H groups in total. The first-order chi connectivity index (χ1) is 10.2. The van der Waals surface area contributed by atoms with Crippen LogP contribution >= 0.6 is 22.7 Å². The lowest BCUT2D eigenvalue weighted by molar-refractivity contribution is 0.0946. The number of hydrogen-bond acceptors (Lipinski definition) is 5. The summed E-state index contributed by atoms with van der Waals surface area (Å²) in [5, 5.41) is 8.35. The number of nitrogens with one attached hydrogen (secondary N) is 1. The second-order valence-electron chi connectivity index (χ2n) is 4.47. The number of rotatable bonds is 4. The number of nitrogens with zero attached hydrogens (tertiary/aromatic N) is 2. The van der Waals surface area contributed by atoms with Gasteiger partial charge in [0.1, 0.15) is 15.7 Å². The van der Waals surface area contributed by atoms with E-state index in [1.165, 1.54) is 11.3 Å². The van der Waals surface area contributed by atoms with Gasteiger partial charge in [0.25, 0.3) is 5.91 Å². The fourth-order valence-electron chi connectivity index (χ4n) is 1.82. The van der Waals surface area contributed by atoms with E-state index < -0.39 is 0 Å². The molecule has 0 aliphatic heterocycles. The van der Waals surface area contributed by atoms with Crippen LogP contribution in [0.4, 0.5) is 0 Å². The Morgan fingerprint density at radius 1 is 1.14 bits per heavy atom. The molecule has 6 heteroatoms. The molecule has 0 bridgehead atoms. The molecule has 3 aromatic rings. The molecule has 0 unspecified atom stereocenters. The maximum absolute atomic E-state index is 12.1. The highest BCUT2D eigenvalue weighted by Crippen LogP contribution is 2.23. The minimum atomic E-state index is -0.165. The second kappa shape index (κ2) is 6.15. The maximum atomic E-state index is 12.1. The van der Waals surface area contributed by atoms with Crippen LogP contribution in [-0.2, 0) is 6.54 Å². The fourth-order valence-corrected chi connectivity index (χ4v) is 3.34. The molecule has 0 atom stereocenters. The Morgan fingerprint density at radius 3 is 2.67 bits per heavy atom. The van der Waals surface area contributed by atoms with Crippen LogP contribution in [0.15, 0.2) is 41.1 Å². The van der Waals surface area contributed by atoms with E-state index >= 15 is 0 Å². The molecule has 2 heterocycles. The third-order valence-electron chi connectivity index (χ3n) is 2.82. The summed E-state index contributed by atoms with van der Waals surface area (Å²) in [5.41, 5.74) is 2.45. The first-order valence-electron chi connectivity index (χ1n) is 6.42. The summed E-state index contributed by atoms with van der Waals surface area (Å²) >= 11 is 3.02. The fraction of sp³-hybridized carbons (Fsp3) is 0.133. The third kappa shape index (κ3) is 3.34. The molecule has 3 rings (SSSR count). The van der Waals surface area contributed by atoms with Gasteiger partial charge in [-0.15, -0.1) is 22.7 Å². The summed E-state index contributed by atoms with van der Waals surface area (Å²) < 4.78 is 0. The number of hydrogen-bond donors (Lipinski definition) is 1. The van der Waals surface area contributed by atoms with Crippen molar-refractivity contribution in [3.05, 3.63) is 57.5 Å². The number of benzene rings is 1. The van der Waals surface area contributed by atoms with Crippen LogP contribution in [0, 0.1) is 6.92 Å². The van der Waals surface area contributed by atoms with Gasteiger partial charge in [0, 0.05) is 22.0 Å². The Hall–Kier alpha value is -2.05. The molecule has 0 radical (unpaired) electrons. The summed E-state index contributed by atoms with van der Waals surface area (Å²) in [6, 6.07) is 9.85. The molecule has 0 saturated heterocycles. The van der Waals surface area contributed by atoms with Gasteiger partial charge in [0.2, 0.25) is 0 Å². The number of carbonyl (C=O) groups excluding carboxylic acids is 1. The van der Waals surface area contributed by atoms with Gasteiger partial charge < -0.3 is 5.32 Å². The normalized spacial score (nSPS) is 10.5. The van der Waals surface area contributed by atoms with Crippen molar-refractivity contribution in [3.63, 3.8) is 0 Å². The number of thiazole rings is 2. The van der Waals surface area contributed by atoms with Crippen LogP contribution in [0.2, 0.25) is 0 Å². The van der Waals surface area contributed by atoms with Crippen LogP contribution < -0.4 is 5.32 Å². The molecular formula is C15H13N3OS2. The predicted molar refractivity (Wildman–Crippen MR) is 85.6 cm³/mol. The Bertz CT molecular complexity index is 749. The summed E-state index contributed by atoms with van der Waals surface area (Å²) in [6.07, 6.45) is 0. The molecule has 2 aromatic heterocycles. The predicted octanol–water partition coefficient (Wildman–Crippen LogP) is 3.51. The lowest BCUT2D eigenvalue weighted by Gasteiger charge is -1.99. The van der Waals surface area contributed by atoms with Crippen molar-refractivity contribution in [1.29, 1.82) is 0 Å². The number of carbonyl (C=O) groups is 1. The Balaban J connectivity index is 1.67. The molecule has 0 saturated carbocycles. The van der Waals surface area contributed by atoms with Gasteiger partial charge in [-0.05, 0) is 6.92 Å². The van der Waals surface area contributed by atoms with Crippen molar-refractivity contribution in [2.45, 2.75) is 13.5 Å². The first kappa shape index (κ1) is 13.9. The monoisotopic (exact) mass is 315 g/mol. The first-order valence-corrected chi connectivity index (χ1v) is 8.18. The van der Waals surface area contributed by atoms with Crippen LogP contribution in [0.1, 0.15) is 21.2 Å². The lowest BCUT2D eigenvalue weighted by Crippen LogP contribution is -2.23. The van der Waals surface area contributed by atoms with E-state index in [-0.39, 0.29) is 5.91 Å². The quantitative estimate of drug-likeness (QED) is 0.801. The minimum Gasteiger partial charge on any atom is -0.344 e. The molecular weight excluding hydrogens is 302 g/mol. The highest BCUT2D eigenvalue weighted by molar-refractivity contribution is 7.13. The zero-order valence-corrected chi connectivity index (χ0v) is 13.0. The van der Waals surface area contributed by atoms with E-state index in [2.05, 4.69) is 15.3 Å². The SMILES string of the molecule is Cc1csc(CNC(=O)c2csc(-c3ccccc3)n2)n1. The summed E-state index contributed by atoms with van der Waals surface area (Å²) in [7, 11) is 0. The van der Waals surface area contributed by atoms with Crippen molar-refractivity contribution in [2.24, 2.45) is 0 Å². The molecule has 21 heavy (non-hydrogen) atoms. The van der Waals surface area contributed by atoms with Crippen LogP contribution in [-0.4, -0.2) is 15.9 Å². The van der Waals surface area contributed by atoms with Crippen LogP contribution in [0.25, 0.3) is 10.6 Å². The van der Waals surface area contributed by atoms with Gasteiger partial charge in [-0.1, -0.05) is 30.3 Å². The van der Waals surface area contributed by atoms with Crippen molar-refractivity contribution >= 4 is 28.6 Å².